The van der Waals surface area contributed by atoms with Crippen molar-refractivity contribution in [3.8, 4) is 0 Å². The molecule has 3 aromatic carbocycles. The van der Waals surface area contributed by atoms with E-state index in [2.05, 4.69) is 83.9 Å². The van der Waals surface area contributed by atoms with E-state index in [9.17, 15) is 0 Å². The number of rotatable bonds is 2. The smallest absolute Gasteiger partial charge is 0.137 e. The Morgan fingerprint density at radius 3 is 2.52 bits per heavy atom. The van der Waals surface area contributed by atoms with E-state index >= 15 is 0 Å². The SMILES string of the molecule is Cc1cccc(N=C(c2cccc3ccccc23)N2CCNCC2)c1. The van der Waals surface area contributed by atoms with Crippen LogP contribution in [-0.2, 0) is 0 Å². The van der Waals surface area contributed by atoms with E-state index in [1.165, 1.54) is 21.9 Å². The van der Waals surface area contributed by atoms with Crippen molar-refractivity contribution in [2.45, 2.75) is 6.92 Å². The van der Waals surface area contributed by atoms with E-state index in [0.717, 1.165) is 37.7 Å². The van der Waals surface area contributed by atoms with Gasteiger partial charge in [0.2, 0.25) is 0 Å². The number of nitrogens with zero attached hydrogens (tertiary/aromatic N) is 2. The zero-order chi connectivity index (χ0) is 17.1. The summed E-state index contributed by atoms with van der Waals surface area (Å²) in [4.78, 5) is 7.48. The van der Waals surface area contributed by atoms with Gasteiger partial charge in [-0.05, 0) is 35.4 Å². The van der Waals surface area contributed by atoms with Crippen LogP contribution in [-0.4, -0.2) is 36.9 Å². The molecule has 0 aliphatic carbocycles. The summed E-state index contributed by atoms with van der Waals surface area (Å²) < 4.78 is 0. The molecule has 0 aromatic heterocycles. The summed E-state index contributed by atoms with van der Waals surface area (Å²) in [5.74, 6) is 1.07. The Labute approximate surface area is 149 Å². The Balaban J connectivity index is 1.87. The molecule has 1 fully saturated rings. The molecule has 0 spiro atoms. The van der Waals surface area contributed by atoms with E-state index in [-0.39, 0.29) is 0 Å². The van der Waals surface area contributed by atoms with E-state index < -0.39 is 0 Å². The second-order valence-electron chi connectivity index (χ2n) is 6.54. The summed E-state index contributed by atoms with van der Waals surface area (Å²) in [6.45, 7) is 6.07. The third kappa shape index (κ3) is 3.42. The number of nitrogens with one attached hydrogen (secondary N) is 1. The maximum absolute atomic E-state index is 5.08. The van der Waals surface area contributed by atoms with Crippen LogP contribution in [0.4, 0.5) is 5.69 Å². The van der Waals surface area contributed by atoms with Crippen LogP contribution in [0.15, 0.2) is 71.7 Å². The minimum atomic E-state index is 0.980. The number of aliphatic imine (C=N–C) groups is 1. The molecule has 25 heavy (non-hydrogen) atoms. The van der Waals surface area contributed by atoms with Gasteiger partial charge >= 0.3 is 0 Å². The van der Waals surface area contributed by atoms with Crippen molar-refractivity contribution in [1.29, 1.82) is 0 Å². The van der Waals surface area contributed by atoms with Crippen molar-refractivity contribution in [3.05, 3.63) is 77.9 Å². The number of amidine groups is 1. The fourth-order valence-corrected chi connectivity index (χ4v) is 3.42. The molecule has 3 heteroatoms. The van der Waals surface area contributed by atoms with Crippen LogP contribution < -0.4 is 5.32 Å². The van der Waals surface area contributed by atoms with Gasteiger partial charge in [-0.1, -0.05) is 54.6 Å². The number of benzene rings is 3. The molecule has 0 atom stereocenters. The van der Waals surface area contributed by atoms with Crippen molar-refractivity contribution in [2.75, 3.05) is 26.2 Å². The molecule has 126 valence electrons. The van der Waals surface area contributed by atoms with Crippen molar-refractivity contribution in [3.63, 3.8) is 0 Å². The van der Waals surface area contributed by atoms with Crippen molar-refractivity contribution in [2.24, 2.45) is 4.99 Å². The van der Waals surface area contributed by atoms with Gasteiger partial charge in [0.25, 0.3) is 0 Å². The number of fused-ring (bicyclic) bond motifs is 1. The molecule has 0 amide bonds. The van der Waals surface area contributed by atoms with Gasteiger partial charge in [-0.15, -0.1) is 0 Å². The Bertz CT molecular complexity index is 903. The monoisotopic (exact) mass is 329 g/mol. The van der Waals surface area contributed by atoms with E-state index in [1.807, 2.05) is 0 Å². The number of piperazine rings is 1. The third-order valence-electron chi connectivity index (χ3n) is 4.68. The Kier molecular flexibility index (Phi) is 4.49. The van der Waals surface area contributed by atoms with Gasteiger partial charge in [0, 0.05) is 31.7 Å². The van der Waals surface area contributed by atoms with Crippen molar-refractivity contribution < 1.29 is 0 Å². The first-order chi connectivity index (χ1) is 12.3. The van der Waals surface area contributed by atoms with Crippen molar-refractivity contribution in [1.82, 2.24) is 10.2 Å². The van der Waals surface area contributed by atoms with Gasteiger partial charge in [0.1, 0.15) is 5.84 Å². The molecule has 1 saturated heterocycles. The van der Waals surface area contributed by atoms with E-state index in [0.29, 0.717) is 0 Å². The second kappa shape index (κ2) is 7.08. The van der Waals surface area contributed by atoms with Gasteiger partial charge in [0.05, 0.1) is 5.69 Å². The minimum Gasteiger partial charge on any atom is -0.354 e. The fraction of sp³-hybridized carbons (Fsp3) is 0.227. The molecular formula is C22H23N3. The molecule has 4 rings (SSSR count). The van der Waals surface area contributed by atoms with Gasteiger partial charge in [-0.2, -0.15) is 0 Å². The fourth-order valence-electron chi connectivity index (χ4n) is 3.42. The Hall–Kier alpha value is -2.65. The summed E-state index contributed by atoms with van der Waals surface area (Å²) in [5, 5.41) is 5.95. The van der Waals surface area contributed by atoms with E-state index in [1.54, 1.807) is 0 Å². The lowest BCUT2D eigenvalue weighted by atomic mass is 10.0. The number of aryl methyl sites for hydroxylation is 1. The lowest BCUT2D eigenvalue weighted by molar-refractivity contribution is 0.358. The molecule has 1 N–H and O–H groups in total. The quantitative estimate of drug-likeness (QED) is 0.565. The van der Waals surface area contributed by atoms with Crippen molar-refractivity contribution >= 4 is 22.3 Å². The summed E-state index contributed by atoms with van der Waals surface area (Å²) in [6.07, 6.45) is 0. The van der Waals surface area contributed by atoms with Gasteiger partial charge in [0.15, 0.2) is 0 Å². The predicted molar refractivity (Wildman–Crippen MR) is 106 cm³/mol. The molecule has 3 nitrogen and oxygen atoms in total. The number of hydrogen-bond donors (Lipinski definition) is 1. The highest BCUT2D eigenvalue weighted by atomic mass is 15.2. The average molecular weight is 329 g/mol. The third-order valence-corrected chi connectivity index (χ3v) is 4.68. The summed E-state index contributed by atoms with van der Waals surface area (Å²) in [5.41, 5.74) is 3.46. The minimum absolute atomic E-state index is 0.980. The zero-order valence-electron chi connectivity index (χ0n) is 14.6. The largest absolute Gasteiger partial charge is 0.354 e. The number of hydrogen-bond acceptors (Lipinski definition) is 2. The first-order valence-electron chi connectivity index (χ1n) is 8.90. The van der Waals surface area contributed by atoms with Crippen LogP contribution in [0.3, 0.4) is 0 Å². The highest BCUT2D eigenvalue weighted by Crippen LogP contribution is 2.23. The van der Waals surface area contributed by atoms with Crippen LogP contribution in [0.2, 0.25) is 0 Å². The summed E-state index contributed by atoms with van der Waals surface area (Å²) in [7, 11) is 0. The second-order valence-corrected chi connectivity index (χ2v) is 6.54. The first-order valence-corrected chi connectivity index (χ1v) is 8.90. The maximum Gasteiger partial charge on any atom is 0.137 e. The first kappa shape index (κ1) is 15.9. The molecule has 0 radical (unpaired) electrons. The normalized spacial score (nSPS) is 15.6. The highest BCUT2D eigenvalue weighted by Gasteiger charge is 2.18. The highest BCUT2D eigenvalue weighted by molar-refractivity contribution is 6.10. The van der Waals surface area contributed by atoms with Crippen LogP contribution in [0.25, 0.3) is 10.8 Å². The molecule has 0 unspecified atom stereocenters. The Morgan fingerprint density at radius 1 is 0.920 bits per heavy atom. The Morgan fingerprint density at radius 2 is 1.68 bits per heavy atom. The molecular weight excluding hydrogens is 306 g/mol. The lowest BCUT2D eigenvalue weighted by Crippen LogP contribution is -2.46. The predicted octanol–water partition coefficient (Wildman–Crippen LogP) is 4.13. The van der Waals surface area contributed by atoms with Gasteiger partial charge < -0.3 is 10.2 Å². The van der Waals surface area contributed by atoms with Gasteiger partial charge in [-0.25, -0.2) is 4.99 Å². The summed E-state index contributed by atoms with van der Waals surface area (Å²) in [6, 6.07) is 23.5. The maximum atomic E-state index is 5.08. The molecule has 0 bridgehead atoms. The standard InChI is InChI=1S/C22H23N3/c1-17-6-4-9-19(16-17)24-22(25-14-12-23-13-15-25)21-11-5-8-18-7-2-3-10-20(18)21/h2-11,16,23H,12-15H2,1H3. The van der Waals surface area contributed by atoms with Crippen LogP contribution >= 0.6 is 0 Å². The van der Waals surface area contributed by atoms with Crippen LogP contribution in [0.1, 0.15) is 11.1 Å². The summed E-state index contributed by atoms with van der Waals surface area (Å²) >= 11 is 0. The average Bonchev–Trinajstić information content (AvgIpc) is 2.67. The van der Waals surface area contributed by atoms with Crippen LogP contribution in [0, 0.1) is 6.92 Å². The molecule has 1 aliphatic rings. The topological polar surface area (TPSA) is 27.6 Å². The molecule has 3 aromatic rings. The molecule has 0 saturated carbocycles. The van der Waals surface area contributed by atoms with E-state index in [4.69, 9.17) is 4.99 Å². The zero-order valence-corrected chi connectivity index (χ0v) is 14.6. The molecule has 1 heterocycles. The molecule has 1 aliphatic heterocycles. The van der Waals surface area contributed by atoms with Gasteiger partial charge in [-0.3, -0.25) is 0 Å². The lowest BCUT2D eigenvalue weighted by Gasteiger charge is -2.31. The van der Waals surface area contributed by atoms with Crippen LogP contribution in [0.5, 0.6) is 0 Å².